The van der Waals surface area contributed by atoms with Crippen LogP contribution in [0.3, 0.4) is 0 Å². The van der Waals surface area contributed by atoms with Crippen LogP contribution in [0.5, 0.6) is 5.75 Å². The van der Waals surface area contributed by atoms with Gasteiger partial charge in [-0.25, -0.2) is 0 Å². The number of halogens is 3. The first-order chi connectivity index (χ1) is 9.34. The first-order valence-electron chi connectivity index (χ1n) is 6.31. The molecule has 0 bridgehead atoms. The number of ether oxygens (including phenoxy) is 1. The quantitative estimate of drug-likeness (QED) is 0.927. The van der Waals surface area contributed by atoms with Gasteiger partial charge in [0.2, 0.25) is 0 Å². The second kappa shape index (κ2) is 5.33. The average molecular weight is 285 g/mol. The molecule has 0 unspecified atom stereocenters. The van der Waals surface area contributed by atoms with Crippen LogP contribution >= 0.6 is 0 Å². The van der Waals surface area contributed by atoms with E-state index in [1.807, 2.05) is 0 Å². The standard InChI is InChI=1S/C14H14F3NO2/c15-14(16,17)11-7-10(8-18)3-4-12(11)20-9-13(19)5-1-2-6-13/h3-4,7,19H,1-2,5-6,9H2. The predicted molar refractivity (Wildman–Crippen MR) is 65.1 cm³/mol. The molecule has 0 aliphatic heterocycles. The molecule has 1 aliphatic carbocycles. The van der Waals surface area contributed by atoms with Crippen LogP contribution in [-0.2, 0) is 6.18 Å². The van der Waals surface area contributed by atoms with E-state index in [4.69, 9.17) is 10.00 Å². The molecule has 1 saturated carbocycles. The Bertz CT molecular complexity index is 528. The van der Waals surface area contributed by atoms with Crippen molar-refractivity contribution >= 4 is 0 Å². The minimum atomic E-state index is -4.60. The lowest BCUT2D eigenvalue weighted by Crippen LogP contribution is -2.32. The molecule has 1 aromatic rings. The highest BCUT2D eigenvalue weighted by Gasteiger charge is 2.36. The molecule has 0 atom stereocenters. The molecule has 6 heteroatoms. The second-order valence-corrected chi connectivity index (χ2v) is 5.04. The number of aliphatic hydroxyl groups is 1. The van der Waals surface area contributed by atoms with Crippen molar-refractivity contribution in [3.63, 3.8) is 0 Å². The van der Waals surface area contributed by atoms with Crippen molar-refractivity contribution < 1.29 is 23.0 Å². The molecule has 1 fully saturated rings. The van der Waals surface area contributed by atoms with Gasteiger partial charge in [-0.2, -0.15) is 18.4 Å². The Kier molecular flexibility index (Phi) is 3.91. The molecule has 0 heterocycles. The van der Waals surface area contributed by atoms with Crippen LogP contribution in [0.15, 0.2) is 18.2 Å². The Labute approximate surface area is 114 Å². The van der Waals surface area contributed by atoms with Crippen molar-refractivity contribution in [1.82, 2.24) is 0 Å². The molecule has 0 amide bonds. The summed E-state index contributed by atoms with van der Waals surface area (Å²) in [6.45, 7) is -0.165. The van der Waals surface area contributed by atoms with Gasteiger partial charge in [0.25, 0.3) is 0 Å². The normalized spacial score (nSPS) is 17.8. The fourth-order valence-electron chi connectivity index (χ4n) is 2.34. The Morgan fingerprint density at radius 2 is 1.95 bits per heavy atom. The van der Waals surface area contributed by atoms with Crippen molar-refractivity contribution in [3.8, 4) is 11.8 Å². The second-order valence-electron chi connectivity index (χ2n) is 5.04. The molecule has 1 N–H and O–H groups in total. The van der Waals surface area contributed by atoms with Crippen LogP contribution in [0.4, 0.5) is 13.2 Å². The van der Waals surface area contributed by atoms with E-state index in [9.17, 15) is 18.3 Å². The smallest absolute Gasteiger partial charge is 0.420 e. The first-order valence-corrected chi connectivity index (χ1v) is 6.31. The van der Waals surface area contributed by atoms with Gasteiger partial charge < -0.3 is 9.84 Å². The summed E-state index contributed by atoms with van der Waals surface area (Å²) in [4.78, 5) is 0. The van der Waals surface area contributed by atoms with Gasteiger partial charge in [-0.05, 0) is 31.0 Å². The van der Waals surface area contributed by atoms with E-state index in [2.05, 4.69) is 0 Å². The van der Waals surface area contributed by atoms with Gasteiger partial charge in [-0.1, -0.05) is 12.8 Å². The molecular formula is C14H14F3NO2. The van der Waals surface area contributed by atoms with Gasteiger partial charge in [0.15, 0.2) is 0 Å². The zero-order chi connectivity index (χ0) is 14.8. The van der Waals surface area contributed by atoms with E-state index in [0.717, 1.165) is 25.0 Å². The molecule has 0 saturated heterocycles. The molecule has 20 heavy (non-hydrogen) atoms. The molecule has 0 spiro atoms. The third-order valence-electron chi connectivity index (χ3n) is 3.44. The maximum Gasteiger partial charge on any atom is 0.420 e. The third kappa shape index (κ3) is 3.23. The van der Waals surface area contributed by atoms with Gasteiger partial charge in [0.05, 0.1) is 22.8 Å². The van der Waals surface area contributed by atoms with Gasteiger partial charge >= 0.3 is 6.18 Å². The molecular weight excluding hydrogens is 271 g/mol. The number of nitrogens with zero attached hydrogens (tertiary/aromatic N) is 1. The Morgan fingerprint density at radius 1 is 1.30 bits per heavy atom. The lowest BCUT2D eigenvalue weighted by Gasteiger charge is -2.23. The van der Waals surface area contributed by atoms with Crippen LogP contribution in [0.2, 0.25) is 0 Å². The Morgan fingerprint density at radius 3 is 2.50 bits per heavy atom. The van der Waals surface area contributed by atoms with Crippen LogP contribution in [0.1, 0.15) is 36.8 Å². The topological polar surface area (TPSA) is 53.2 Å². The molecule has 3 nitrogen and oxygen atoms in total. The largest absolute Gasteiger partial charge is 0.490 e. The van der Waals surface area contributed by atoms with Crippen molar-refractivity contribution in [2.45, 2.75) is 37.5 Å². The van der Waals surface area contributed by atoms with Crippen LogP contribution in [0.25, 0.3) is 0 Å². The monoisotopic (exact) mass is 285 g/mol. The molecule has 108 valence electrons. The number of nitriles is 1. The summed E-state index contributed by atoms with van der Waals surface area (Å²) < 4.78 is 43.9. The van der Waals surface area contributed by atoms with E-state index in [0.29, 0.717) is 12.8 Å². The zero-order valence-electron chi connectivity index (χ0n) is 10.7. The zero-order valence-corrected chi connectivity index (χ0v) is 10.7. The fourth-order valence-corrected chi connectivity index (χ4v) is 2.34. The Balaban J connectivity index is 2.21. The maximum atomic E-state index is 12.9. The summed E-state index contributed by atoms with van der Waals surface area (Å²) in [5.74, 6) is -0.350. The van der Waals surface area contributed by atoms with E-state index in [1.165, 1.54) is 6.07 Å². The summed E-state index contributed by atoms with van der Waals surface area (Å²) in [6, 6.07) is 4.82. The summed E-state index contributed by atoms with van der Waals surface area (Å²) in [5.41, 5.74) is -2.11. The Hall–Kier alpha value is -1.74. The van der Waals surface area contributed by atoms with Crippen LogP contribution in [0, 0.1) is 11.3 Å². The van der Waals surface area contributed by atoms with E-state index >= 15 is 0 Å². The number of hydrogen-bond donors (Lipinski definition) is 1. The summed E-state index contributed by atoms with van der Waals surface area (Å²) >= 11 is 0. The minimum absolute atomic E-state index is 0.0794. The highest BCUT2D eigenvalue weighted by molar-refractivity contribution is 5.43. The molecule has 2 rings (SSSR count). The SMILES string of the molecule is N#Cc1ccc(OCC2(O)CCCC2)c(C(F)(F)F)c1. The van der Waals surface area contributed by atoms with Gasteiger partial charge in [-0.3, -0.25) is 0 Å². The molecule has 0 radical (unpaired) electrons. The van der Waals surface area contributed by atoms with Gasteiger partial charge in [0, 0.05) is 0 Å². The first kappa shape index (κ1) is 14.7. The lowest BCUT2D eigenvalue weighted by molar-refractivity contribution is -0.139. The minimum Gasteiger partial charge on any atom is -0.490 e. The van der Waals surface area contributed by atoms with Gasteiger partial charge in [0.1, 0.15) is 12.4 Å². The molecule has 0 aromatic heterocycles. The number of rotatable bonds is 3. The molecule has 1 aliphatic rings. The highest BCUT2D eigenvalue weighted by Crippen LogP contribution is 2.38. The number of benzene rings is 1. The molecule has 1 aromatic carbocycles. The van der Waals surface area contributed by atoms with Crippen molar-refractivity contribution in [2.75, 3.05) is 6.61 Å². The maximum absolute atomic E-state index is 12.9. The lowest BCUT2D eigenvalue weighted by atomic mass is 10.0. The van der Waals surface area contributed by atoms with Crippen LogP contribution in [-0.4, -0.2) is 17.3 Å². The predicted octanol–water partition coefficient (Wildman–Crippen LogP) is 3.26. The number of hydrogen-bond acceptors (Lipinski definition) is 3. The van der Waals surface area contributed by atoms with E-state index in [1.54, 1.807) is 6.07 Å². The number of alkyl halides is 3. The fraction of sp³-hybridized carbons (Fsp3) is 0.500. The van der Waals surface area contributed by atoms with Crippen molar-refractivity contribution in [2.24, 2.45) is 0 Å². The van der Waals surface area contributed by atoms with E-state index < -0.39 is 17.3 Å². The third-order valence-corrected chi connectivity index (χ3v) is 3.44. The van der Waals surface area contributed by atoms with Crippen molar-refractivity contribution in [3.05, 3.63) is 29.3 Å². The average Bonchev–Trinajstić information content (AvgIpc) is 2.82. The van der Waals surface area contributed by atoms with Crippen molar-refractivity contribution in [1.29, 1.82) is 5.26 Å². The van der Waals surface area contributed by atoms with Crippen LogP contribution < -0.4 is 4.74 Å². The summed E-state index contributed by atoms with van der Waals surface area (Å²) in [5, 5.41) is 18.8. The van der Waals surface area contributed by atoms with Gasteiger partial charge in [-0.15, -0.1) is 0 Å². The summed E-state index contributed by atoms with van der Waals surface area (Å²) in [6.07, 6.45) is -1.84. The van der Waals surface area contributed by atoms with E-state index in [-0.39, 0.29) is 17.9 Å². The highest BCUT2D eigenvalue weighted by atomic mass is 19.4. The summed E-state index contributed by atoms with van der Waals surface area (Å²) in [7, 11) is 0.